The molecule has 0 aliphatic heterocycles. The molecule has 2 aromatic carbocycles. The number of nitrogen functional groups attached to an aromatic ring is 1. The van der Waals surface area contributed by atoms with Gasteiger partial charge in [-0.3, -0.25) is 4.79 Å². The quantitative estimate of drug-likeness (QED) is 0.528. The highest BCUT2D eigenvalue weighted by molar-refractivity contribution is 6.12. The van der Waals surface area contributed by atoms with Crippen LogP contribution in [0.5, 0.6) is 5.75 Å². The second-order valence-corrected chi connectivity index (χ2v) is 6.62. The van der Waals surface area contributed by atoms with Gasteiger partial charge in [0.25, 0.3) is 0 Å². The molecule has 0 spiro atoms. The van der Waals surface area contributed by atoms with Gasteiger partial charge < -0.3 is 15.5 Å². The average molecular weight is 360 g/mol. The van der Waals surface area contributed by atoms with E-state index in [1.807, 2.05) is 68.4 Å². The molecule has 0 radical (unpaired) electrons. The van der Waals surface area contributed by atoms with Gasteiger partial charge >= 0.3 is 0 Å². The van der Waals surface area contributed by atoms with Crippen molar-refractivity contribution in [3.8, 4) is 11.4 Å². The van der Waals surface area contributed by atoms with Crippen LogP contribution in [-0.2, 0) is 0 Å². The van der Waals surface area contributed by atoms with Crippen LogP contribution in [0.15, 0.2) is 60.8 Å². The Morgan fingerprint density at radius 1 is 1.15 bits per heavy atom. The number of H-pyrrole nitrogens is 1. The highest BCUT2D eigenvalue weighted by Crippen LogP contribution is 2.24. The van der Waals surface area contributed by atoms with E-state index >= 15 is 0 Å². The Labute approximate surface area is 156 Å². The number of carbonyl (C=O) groups is 1. The lowest BCUT2D eigenvalue weighted by molar-refractivity contribution is 0.103. The highest BCUT2D eigenvalue weighted by atomic mass is 16.5. The topological polar surface area (TPSA) is 85.9 Å². The summed E-state index contributed by atoms with van der Waals surface area (Å²) < 4.78 is 7.20. The number of ketones is 1. The van der Waals surface area contributed by atoms with E-state index in [-0.39, 0.29) is 11.9 Å². The van der Waals surface area contributed by atoms with E-state index in [0.29, 0.717) is 17.1 Å². The van der Waals surface area contributed by atoms with Gasteiger partial charge in [-0.1, -0.05) is 18.2 Å². The fourth-order valence-corrected chi connectivity index (χ4v) is 3.02. The number of carbonyl (C=O) groups excluding carboxylic acids is 1. The van der Waals surface area contributed by atoms with E-state index < -0.39 is 0 Å². The van der Waals surface area contributed by atoms with Crippen molar-refractivity contribution >= 4 is 22.5 Å². The van der Waals surface area contributed by atoms with Crippen LogP contribution in [0.3, 0.4) is 0 Å². The Hall–Kier alpha value is -3.54. The molecule has 4 rings (SSSR count). The molecule has 0 atom stereocenters. The predicted octanol–water partition coefficient (Wildman–Crippen LogP) is 3.95. The zero-order valence-corrected chi connectivity index (χ0v) is 15.1. The van der Waals surface area contributed by atoms with E-state index in [9.17, 15) is 4.79 Å². The molecular weight excluding hydrogens is 340 g/mol. The Balaban J connectivity index is 1.64. The number of anilines is 1. The number of aromatic amines is 1. The number of ether oxygens (including phenoxy) is 1. The maximum Gasteiger partial charge on any atom is 0.214 e. The minimum absolute atomic E-state index is 0.103. The molecule has 0 unspecified atom stereocenters. The third kappa shape index (κ3) is 3.17. The van der Waals surface area contributed by atoms with Gasteiger partial charge in [-0.2, -0.15) is 5.10 Å². The predicted molar refractivity (Wildman–Crippen MR) is 105 cm³/mol. The van der Waals surface area contributed by atoms with Crippen LogP contribution in [0.4, 0.5) is 5.82 Å². The molecule has 0 fully saturated rings. The maximum atomic E-state index is 12.9. The minimum atomic E-state index is -0.185. The smallest absolute Gasteiger partial charge is 0.214 e. The van der Waals surface area contributed by atoms with Crippen molar-refractivity contribution in [2.24, 2.45) is 0 Å². The number of nitrogens with zero attached hydrogens (tertiary/aromatic N) is 2. The van der Waals surface area contributed by atoms with E-state index in [1.54, 1.807) is 4.68 Å². The monoisotopic (exact) mass is 360 g/mol. The molecule has 2 aromatic heterocycles. The van der Waals surface area contributed by atoms with Crippen molar-refractivity contribution in [1.29, 1.82) is 0 Å². The molecule has 0 aliphatic carbocycles. The molecule has 4 aromatic rings. The SMILES string of the molecule is CC(C)Oc1ccc(-n2ncc(C(=O)c3cc4ccccc4[nH]3)c2N)cc1. The summed E-state index contributed by atoms with van der Waals surface area (Å²) in [6.45, 7) is 3.95. The zero-order valence-electron chi connectivity index (χ0n) is 15.1. The average Bonchev–Trinajstić information content (AvgIpc) is 3.25. The number of hydrogen-bond acceptors (Lipinski definition) is 4. The first-order chi connectivity index (χ1) is 13.0. The highest BCUT2D eigenvalue weighted by Gasteiger charge is 2.19. The molecule has 136 valence electrons. The lowest BCUT2D eigenvalue weighted by atomic mass is 10.1. The van der Waals surface area contributed by atoms with Crippen LogP contribution < -0.4 is 10.5 Å². The molecule has 0 bridgehead atoms. The van der Waals surface area contributed by atoms with E-state index in [0.717, 1.165) is 22.3 Å². The van der Waals surface area contributed by atoms with Crippen LogP contribution in [-0.4, -0.2) is 26.7 Å². The summed E-state index contributed by atoms with van der Waals surface area (Å²) in [5.74, 6) is 0.889. The Morgan fingerprint density at radius 3 is 2.59 bits per heavy atom. The first-order valence-corrected chi connectivity index (χ1v) is 8.76. The van der Waals surface area contributed by atoms with E-state index in [4.69, 9.17) is 10.5 Å². The number of nitrogens with two attached hydrogens (primary N) is 1. The lowest BCUT2D eigenvalue weighted by Crippen LogP contribution is -2.08. The summed E-state index contributed by atoms with van der Waals surface area (Å²) >= 11 is 0. The molecule has 3 N–H and O–H groups in total. The number of fused-ring (bicyclic) bond motifs is 1. The van der Waals surface area contributed by atoms with Gasteiger partial charge in [-0.05, 0) is 50.2 Å². The molecule has 0 saturated heterocycles. The van der Waals surface area contributed by atoms with Crippen molar-refractivity contribution in [3.63, 3.8) is 0 Å². The second-order valence-electron chi connectivity index (χ2n) is 6.62. The summed E-state index contributed by atoms with van der Waals surface area (Å²) in [6, 6.07) is 17.0. The largest absolute Gasteiger partial charge is 0.491 e. The number of para-hydroxylation sites is 1. The van der Waals surface area contributed by atoms with Gasteiger partial charge in [0.2, 0.25) is 5.78 Å². The molecule has 6 nitrogen and oxygen atoms in total. The third-order valence-corrected chi connectivity index (χ3v) is 4.28. The van der Waals surface area contributed by atoms with Gasteiger partial charge in [0.1, 0.15) is 11.6 Å². The van der Waals surface area contributed by atoms with Gasteiger partial charge in [0.15, 0.2) is 0 Å². The summed E-state index contributed by atoms with van der Waals surface area (Å²) in [4.78, 5) is 16.0. The number of nitrogens with one attached hydrogen (secondary N) is 1. The van der Waals surface area contributed by atoms with Gasteiger partial charge in [-0.15, -0.1) is 0 Å². The fourth-order valence-electron chi connectivity index (χ4n) is 3.02. The van der Waals surface area contributed by atoms with Crippen LogP contribution >= 0.6 is 0 Å². The van der Waals surface area contributed by atoms with E-state index in [1.165, 1.54) is 6.20 Å². The zero-order chi connectivity index (χ0) is 19.0. The van der Waals surface area contributed by atoms with Crippen molar-refractivity contribution in [2.45, 2.75) is 20.0 Å². The van der Waals surface area contributed by atoms with E-state index in [2.05, 4.69) is 10.1 Å². The maximum absolute atomic E-state index is 12.9. The van der Waals surface area contributed by atoms with Crippen molar-refractivity contribution in [3.05, 3.63) is 72.1 Å². The Morgan fingerprint density at radius 2 is 1.89 bits per heavy atom. The fraction of sp³-hybridized carbons (Fsp3) is 0.143. The summed E-state index contributed by atoms with van der Waals surface area (Å²) in [5.41, 5.74) is 8.75. The van der Waals surface area contributed by atoms with Crippen molar-refractivity contribution in [2.75, 3.05) is 5.73 Å². The molecule has 0 saturated carbocycles. The van der Waals surface area contributed by atoms with Gasteiger partial charge in [0, 0.05) is 10.9 Å². The number of benzene rings is 2. The van der Waals surface area contributed by atoms with Crippen LogP contribution in [0.25, 0.3) is 16.6 Å². The molecule has 2 heterocycles. The van der Waals surface area contributed by atoms with Crippen LogP contribution in [0.2, 0.25) is 0 Å². The molecule has 0 aliphatic rings. The van der Waals surface area contributed by atoms with Crippen LogP contribution in [0.1, 0.15) is 29.9 Å². The molecular formula is C21H20N4O2. The Bertz CT molecular complexity index is 1070. The first kappa shape index (κ1) is 16.9. The minimum Gasteiger partial charge on any atom is -0.491 e. The second kappa shape index (κ2) is 6.64. The Kier molecular flexibility index (Phi) is 4.16. The van der Waals surface area contributed by atoms with Gasteiger partial charge in [0.05, 0.1) is 29.2 Å². The number of hydrogen-bond donors (Lipinski definition) is 2. The standard InChI is InChI=1S/C21H20N4O2/c1-13(2)27-16-9-7-15(8-10-16)25-21(22)17(12-23-25)20(26)19-11-14-5-3-4-6-18(14)24-19/h3-13,24H,22H2,1-2H3. The summed E-state index contributed by atoms with van der Waals surface area (Å²) in [6.07, 6.45) is 1.60. The van der Waals surface area contributed by atoms with Crippen LogP contribution in [0, 0.1) is 0 Å². The molecule has 27 heavy (non-hydrogen) atoms. The third-order valence-electron chi connectivity index (χ3n) is 4.28. The summed E-state index contributed by atoms with van der Waals surface area (Å²) in [5, 5.41) is 5.27. The molecule has 6 heteroatoms. The number of rotatable bonds is 5. The first-order valence-electron chi connectivity index (χ1n) is 8.76. The lowest BCUT2D eigenvalue weighted by Gasteiger charge is -2.10. The number of aromatic nitrogens is 3. The van der Waals surface area contributed by atoms with Crippen molar-refractivity contribution in [1.82, 2.24) is 14.8 Å². The van der Waals surface area contributed by atoms with Gasteiger partial charge in [-0.25, -0.2) is 4.68 Å². The van der Waals surface area contributed by atoms with Crippen molar-refractivity contribution < 1.29 is 9.53 Å². The summed E-state index contributed by atoms with van der Waals surface area (Å²) in [7, 11) is 0. The normalized spacial score (nSPS) is 11.2. The molecule has 0 amide bonds.